The van der Waals surface area contributed by atoms with Crippen molar-refractivity contribution in [1.29, 1.82) is 0 Å². The fourth-order valence-corrected chi connectivity index (χ4v) is 2.60. The molecule has 0 aromatic heterocycles. The van der Waals surface area contributed by atoms with E-state index in [1.54, 1.807) is 0 Å². The van der Waals surface area contributed by atoms with Gasteiger partial charge >= 0.3 is 0 Å². The fraction of sp³-hybridized carbons (Fsp3) is 0.923. The Labute approximate surface area is 106 Å². The lowest BCUT2D eigenvalue weighted by Gasteiger charge is -2.32. The van der Waals surface area contributed by atoms with Gasteiger partial charge in [-0.2, -0.15) is 0 Å². The van der Waals surface area contributed by atoms with Crippen molar-refractivity contribution in [3.05, 3.63) is 0 Å². The minimum Gasteiger partial charge on any atom is -0.393 e. The van der Waals surface area contributed by atoms with Crippen molar-refractivity contribution in [2.24, 2.45) is 17.1 Å². The second kappa shape index (κ2) is 5.46. The van der Waals surface area contributed by atoms with Gasteiger partial charge in [-0.15, -0.1) is 0 Å². The summed E-state index contributed by atoms with van der Waals surface area (Å²) in [6.07, 6.45) is 3.53. The van der Waals surface area contributed by atoms with Gasteiger partial charge in [0.2, 0.25) is 0 Å². The minimum absolute atomic E-state index is 0.422. The summed E-state index contributed by atoms with van der Waals surface area (Å²) >= 11 is 5.05. The van der Waals surface area contributed by atoms with Crippen LogP contribution in [0.3, 0.4) is 0 Å². The molecule has 0 aromatic rings. The third-order valence-corrected chi connectivity index (χ3v) is 3.52. The van der Waals surface area contributed by atoms with Crippen LogP contribution in [-0.2, 0) is 0 Å². The summed E-state index contributed by atoms with van der Waals surface area (Å²) in [7, 11) is 0. The second-order valence-corrected chi connectivity index (χ2v) is 6.58. The zero-order chi connectivity index (χ0) is 12.3. The van der Waals surface area contributed by atoms with E-state index < -0.39 is 0 Å². The van der Waals surface area contributed by atoms with Gasteiger partial charge in [-0.05, 0) is 38.0 Å². The molecule has 0 unspecified atom stereocenters. The van der Waals surface area contributed by atoms with Gasteiger partial charge in [0.25, 0.3) is 0 Å². The molecule has 0 radical (unpaired) electrons. The highest BCUT2D eigenvalue weighted by Crippen LogP contribution is 2.49. The predicted octanol–water partition coefficient (Wildman–Crippen LogP) is 2.81. The van der Waals surface area contributed by atoms with Crippen LogP contribution in [0.4, 0.5) is 0 Å². The first-order valence-electron chi connectivity index (χ1n) is 6.37. The van der Waals surface area contributed by atoms with Crippen LogP contribution < -0.4 is 5.73 Å². The normalized spacial score (nSPS) is 18.4. The van der Waals surface area contributed by atoms with E-state index in [-0.39, 0.29) is 0 Å². The molecule has 3 heteroatoms. The molecular formula is C13H26N2S. The summed E-state index contributed by atoms with van der Waals surface area (Å²) in [4.78, 5) is 3.27. The number of thiocarbonyl (C=S) groups is 1. The van der Waals surface area contributed by atoms with Crippen molar-refractivity contribution in [2.75, 3.05) is 13.1 Å². The molecule has 1 rings (SSSR count). The molecule has 0 bridgehead atoms. The van der Waals surface area contributed by atoms with Gasteiger partial charge in [0.15, 0.2) is 0 Å². The van der Waals surface area contributed by atoms with E-state index in [4.69, 9.17) is 18.0 Å². The monoisotopic (exact) mass is 242 g/mol. The summed E-state index contributed by atoms with van der Waals surface area (Å²) in [6.45, 7) is 11.5. The average Bonchev–Trinajstić information content (AvgIpc) is 2.81. The van der Waals surface area contributed by atoms with Crippen LogP contribution in [0, 0.1) is 11.3 Å². The van der Waals surface area contributed by atoms with Gasteiger partial charge in [-0.25, -0.2) is 0 Å². The SMILES string of the molecule is CC(C)CN(CC1(CC(N)=S)CC1)C(C)C. The number of nitrogens with two attached hydrogens (primary N) is 1. The van der Waals surface area contributed by atoms with Crippen molar-refractivity contribution < 1.29 is 0 Å². The molecule has 0 saturated heterocycles. The zero-order valence-electron chi connectivity index (χ0n) is 11.1. The Morgan fingerprint density at radius 2 is 1.88 bits per heavy atom. The molecule has 0 aromatic carbocycles. The van der Waals surface area contributed by atoms with E-state index in [1.165, 1.54) is 25.9 Å². The van der Waals surface area contributed by atoms with E-state index in [0.717, 1.165) is 12.3 Å². The molecule has 0 atom stereocenters. The smallest absolute Gasteiger partial charge is 0.0733 e. The first-order valence-corrected chi connectivity index (χ1v) is 6.78. The first kappa shape index (κ1) is 13.9. The van der Waals surface area contributed by atoms with E-state index in [1.807, 2.05) is 0 Å². The number of rotatable bonds is 7. The molecule has 2 nitrogen and oxygen atoms in total. The van der Waals surface area contributed by atoms with Crippen LogP contribution in [0.1, 0.15) is 47.0 Å². The Bertz CT molecular complexity index is 244. The molecule has 0 spiro atoms. The highest BCUT2D eigenvalue weighted by Gasteiger charge is 2.44. The molecule has 0 amide bonds. The molecule has 0 heterocycles. The van der Waals surface area contributed by atoms with Gasteiger partial charge in [-0.3, -0.25) is 0 Å². The molecule has 1 fully saturated rings. The molecule has 1 aliphatic carbocycles. The summed E-state index contributed by atoms with van der Waals surface area (Å²) in [5, 5.41) is 0. The lowest BCUT2D eigenvalue weighted by atomic mass is 10.00. The largest absolute Gasteiger partial charge is 0.393 e. The molecule has 0 aliphatic heterocycles. The highest BCUT2D eigenvalue weighted by molar-refractivity contribution is 7.80. The van der Waals surface area contributed by atoms with Crippen molar-refractivity contribution >= 4 is 17.2 Å². The van der Waals surface area contributed by atoms with E-state index in [2.05, 4.69) is 32.6 Å². The molecule has 94 valence electrons. The zero-order valence-corrected chi connectivity index (χ0v) is 11.9. The Balaban J connectivity index is 2.51. The summed E-state index contributed by atoms with van der Waals surface area (Å²) in [5.41, 5.74) is 6.11. The summed E-state index contributed by atoms with van der Waals surface area (Å²) < 4.78 is 0. The minimum atomic E-state index is 0.422. The number of nitrogens with zero attached hydrogens (tertiary/aromatic N) is 1. The quantitative estimate of drug-likeness (QED) is 0.696. The third-order valence-electron chi connectivity index (χ3n) is 3.37. The van der Waals surface area contributed by atoms with Crippen molar-refractivity contribution in [3.8, 4) is 0 Å². The Morgan fingerprint density at radius 1 is 1.31 bits per heavy atom. The summed E-state index contributed by atoms with van der Waals surface area (Å²) in [6, 6.07) is 0.617. The van der Waals surface area contributed by atoms with Crippen LogP contribution >= 0.6 is 12.2 Å². The maximum atomic E-state index is 5.68. The lowest BCUT2D eigenvalue weighted by Crippen LogP contribution is -2.39. The molecule has 1 aliphatic rings. The molecular weight excluding hydrogens is 216 g/mol. The van der Waals surface area contributed by atoms with Crippen LogP contribution in [0.2, 0.25) is 0 Å². The van der Waals surface area contributed by atoms with Crippen molar-refractivity contribution in [2.45, 2.75) is 53.0 Å². The lowest BCUT2D eigenvalue weighted by molar-refractivity contribution is 0.161. The van der Waals surface area contributed by atoms with Crippen LogP contribution in [-0.4, -0.2) is 29.0 Å². The molecule has 2 N–H and O–H groups in total. The topological polar surface area (TPSA) is 29.3 Å². The van der Waals surface area contributed by atoms with Crippen LogP contribution in [0.15, 0.2) is 0 Å². The first-order chi connectivity index (χ1) is 7.34. The van der Waals surface area contributed by atoms with Crippen LogP contribution in [0.5, 0.6) is 0 Å². The maximum Gasteiger partial charge on any atom is 0.0733 e. The van der Waals surface area contributed by atoms with Crippen molar-refractivity contribution in [1.82, 2.24) is 4.90 Å². The Kier molecular flexibility index (Phi) is 4.74. The van der Waals surface area contributed by atoms with E-state index >= 15 is 0 Å². The predicted molar refractivity (Wildman–Crippen MR) is 74.6 cm³/mol. The van der Waals surface area contributed by atoms with Gasteiger partial charge in [0.1, 0.15) is 0 Å². The third kappa shape index (κ3) is 4.38. The molecule has 16 heavy (non-hydrogen) atoms. The Hall–Kier alpha value is -0.150. The Morgan fingerprint density at radius 3 is 2.19 bits per heavy atom. The van der Waals surface area contributed by atoms with Crippen molar-refractivity contribution in [3.63, 3.8) is 0 Å². The second-order valence-electron chi connectivity index (χ2n) is 6.06. The number of hydrogen-bond acceptors (Lipinski definition) is 2. The molecule has 1 saturated carbocycles. The van der Waals surface area contributed by atoms with Gasteiger partial charge < -0.3 is 10.6 Å². The summed E-state index contributed by atoms with van der Waals surface area (Å²) in [5.74, 6) is 0.725. The maximum absolute atomic E-state index is 5.68. The standard InChI is InChI=1S/C13H26N2S/c1-10(2)8-15(11(3)4)9-13(5-6-13)7-12(14)16/h10-11H,5-9H2,1-4H3,(H2,14,16). The number of hydrogen-bond donors (Lipinski definition) is 1. The van der Waals surface area contributed by atoms with Crippen LogP contribution in [0.25, 0.3) is 0 Å². The van der Waals surface area contributed by atoms with E-state index in [9.17, 15) is 0 Å². The van der Waals surface area contributed by atoms with Gasteiger partial charge in [0.05, 0.1) is 4.99 Å². The average molecular weight is 242 g/mol. The fourth-order valence-electron chi connectivity index (χ4n) is 2.29. The van der Waals surface area contributed by atoms with Gasteiger partial charge in [-0.1, -0.05) is 26.1 Å². The highest BCUT2D eigenvalue weighted by atomic mass is 32.1. The van der Waals surface area contributed by atoms with Gasteiger partial charge in [0, 0.05) is 25.6 Å². The van der Waals surface area contributed by atoms with E-state index in [0.29, 0.717) is 16.4 Å².